The number of pyridine rings is 1. The van der Waals surface area contributed by atoms with Gasteiger partial charge in [0.2, 0.25) is 0 Å². The molecule has 7 nitrogen and oxygen atoms in total. The van der Waals surface area contributed by atoms with Gasteiger partial charge in [0.15, 0.2) is 5.96 Å². The van der Waals surface area contributed by atoms with Gasteiger partial charge in [0.05, 0.1) is 32.0 Å². The molecule has 0 saturated heterocycles. The Labute approximate surface area is 184 Å². The molecule has 2 aromatic rings. The molecule has 1 aliphatic heterocycles. The number of methoxy groups -OCH3 is 2. The third kappa shape index (κ3) is 5.16. The third-order valence-corrected chi connectivity index (χ3v) is 5.60. The van der Waals surface area contributed by atoms with Gasteiger partial charge in [-0.15, -0.1) is 0 Å². The summed E-state index contributed by atoms with van der Waals surface area (Å²) in [4.78, 5) is 23.6. The van der Waals surface area contributed by atoms with Gasteiger partial charge in [-0.2, -0.15) is 0 Å². The van der Waals surface area contributed by atoms with Crippen LogP contribution < -0.4 is 10.1 Å². The number of guanidine groups is 1. The number of ether oxygens (including phenoxy) is 2. The summed E-state index contributed by atoms with van der Waals surface area (Å²) in [6.45, 7) is 8.31. The summed E-state index contributed by atoms with van der Waals surface area (Å²) in [6, 6.07) is 5.62. The molecule has 0 unspecified atom stereocenters. The van der Waals surface area contributed by atoms with Gasteiger partial charge < -0.3 is 19.7 Å². The quantitative estimate of drug-likeness (QED) is 0.498. The van der Waals surface area contributed by atoms with Crippen molar-refractivity contribution in [3.8, 4) is 5.75 Å². The van der Waals surface area contributed by atoms with E-state index in [-0.39, 0.29) is 5.97 Å². The first-order chi connectivity index (χ1) is 15.0. The number of hydrogen-bond acceptors (Lipinski definition) is 5. The van der Waals surface area contributed by atoms with E-state index in [0.29, 0.717) is 12.1 Å². The number of fused-ring (bicyclic) bond motifs is 1. The van der Waals surface area contributed by atoms with Crippen LogP contribution in [-0.4, -0.2) is 42.6 Å². The van der Waals surface area contributed by atoms with Crippen molar-refractivity contribution in [2.75, 3.05) is 26.1 Å². The van der Waals surface area contributed by atoms with E-state index in [1.165, 1.54) is 20.0 Å². The predicted octanol–water partition coefficient (Wildman–Crippen LogP) is 4.47. The van der Waals surface area contributed by atoms with Crippen molar-refractivity contribution in [1.82, 2.24) is 9.88 Å². The molecule has 0 atom stereocenters. The van der Waals surface area contributed by atoms with Crippen LogP contribution in [0.5, 0.6) is 5.75 Å². The molecule has 1 aliphatic rings. The average molecular weight is 425 g/mol. The zero-order valence-electron chi connectivity index (χ0n) is 19.1. The molecular formula is C24H32N4O3. The minimum atomic E-state index is -0.347. The molecule has 3 rings (SSSR count). The van der Waals surface area contributed by atoms with Gasteiger partial charge in [-0.1, -0.05) is 25.8 Å². The Hall–Kier alpha value is -3.09. The molecule has 0 saturated carbocycles. The Morgan fingerprint density at radius 3 is 2.77 bits per heavy atom. The number of rotatable bonds is 8. The first kappa shape index (κ1) is 22.6. The van der Waals surface area contributed by atoms with E-state index in [1.807, 2.05) is 38.2 Å². The molecule has 0 bridgehead atoms. The molecule has 0 aliphatic carbocycles. The highest BCUT2D eigenvalue weighted by Gasteiger charge is 2.22. The lowest BCUT2D eigenvalue weighted by molar-refractivity contribution is 0.0600. The first-order valence-electron chi connectivity index (χ1n) is 10.7. The first-order valence-corrected chi connectivity index (χ1v) is 10.7. The standard InChI is InChI=1S/C24H32N4O3/c1-6-7-8-11-28-15-19-10-9-18(23(29)31-5)12-20(19)27-24(28)26-14-21-17(3)22(30-4)16(2)13-25-21/h9-10,12-13H,6-8,11,14-15H2,1-5H3,(H,26,27). The number of esters is 1. The highest BCUT2D eigenvalue weighted by Crippen LogP contribution is 2.27. The molecule has 1 aromatic carbocycles. The van der Waals surface area contributed by atoms with Crippen molar-refractivity contribution in [1.29, 1.82) is 0 Å². The van der Waals surface area contributed by atoms with Crippen molar-refractivity contribution < 1.29 is 14.3 Å². The van der Waals surface area contributed by atoms with E-state index in [0.717, 1.165) is 59.3 Å². The van der Waals surface area contributed by atoms with E-state index in [2.05, 4.69) is 22.1 Å². The third-order valence-electron chi connectivity index (χ3n) is 5.60. The van der Waals surface area contributed by atoms with E-state index in [1.54, 1.807) is 7.11 Å². The zero-order valence-corrected chi connectivity index (χ0v) is 19.1. The van der Waals surface area contributed by atoms with Crippen LogP contribution in [0.3, 0.4) is 0 Å². The van der Waals surface area contributed by atoms with E-state index in [9.17, 15) is 4.79 Å². The molecule has 0 amide bonds. The molecule has 31 heavy (non-hydrogen) atoms. The molecule has 2 heterocycles. The molecule has 0 radical (unpaired) electrons. The minimum Gasteiger partial charge on any atom is -0.496 e. The summed E-state index contributed by atoms with van der Waals surface area (Å²) in [5.41, 5.74) is 5.45. The lowest BCUT2D eigenvalue weighted by Gasteiger charge is -2.33. The lowest BCUT2D eigenvalue weighted by Crippen LogP contribution is -2.40. The largest absolute Gasteiger partial charge is 0.496 e. The van der Waals surface area contributed by atoms with Gasteiger partial charge in [-0.3, -0.25) is 4.98 Å². The van der Waals surface area contributed by atoms with Crippen molar-refractivity contribution in [3.63, 3.8) is 0 Å². The summed E-state index contributed by atoms with van der Waals surface area (Å²) in [5, 5.41) is 3.43. The molecule has 0 spiro atoms. The number of anilines is 1. The van der Waals surface area contributed by atoms with Crippen LogP contribution in [0.25, 0.3) is 0 Å². The number of unbranched alkanes of at least 4 members (excludes halogenated alkanes) is 2. The number of hydrogen-bond donors (Lipinski definition) is 1. The van der Waals surface area contributed by atoms with E-state index < -0.39 is 0 Å². The monoisotopic (exact) mass is 424 g/mol. The number of carbonyl (C=O) groups is 1. The number of aliphatic imine (C=N–C) groups is 1. The normalized spacial score (nSPS) is 14.2. The lowest BCUT2D eigenvalue weighted by atomic mass is 10.1. The SMILES string of the molecule is CCCCCN1Cc2ccc(C(=O)OC)cc2NC1=NCc1ncc(C)c(OC)c1C. The van der Waals surface area contributed by atoms with Crippen LogP contribution in [0.15, 0.2) is 29.4 Å². The average Bonchev–Trinajstić information content (AvgIpc) is 2.78. The van der Waals surface area contributed by atoms with Crippen LogP contribution >= 0.6 is 0 Å². The van der Waals surface area contributed by atoms with Crippen molar-refractivity contribution in [2.24, 2.45) is 4.99 Å². The Morgan fingerprint density at radius 1 is 1.26 bits per heavy atom. The smallest absolute Gasteiger partial charge is 0.337 e. The Balaban J connectivity index is 1.89. The second-order valence-electron chi connectivity index (χ2n) is 7.80. The predicted molar refractivity (Wildman–Crippen MR) is 123 cm³/mol. The Bertz CT molecular complexity index is 972. The summed E-state index contributed by atoms with van der Waals surface area (Å²) < 4.78 is 10.4. The molecular weight excluding hydrogens is 392 g/mol. The summed E-state index contributed by atoms with van der Waals surface area (Å²) in [7, 11) is 3.07. The molecule has 166 valence electrons. The highest BCUT2D eigenvalue weighted by molar-refractivity contribution is 5.98. The fourth-order valence-electron chi connectivity index (χ4n) is 3.81. The molecule has 7 heteroatoms. The number of carbonyl (C=O) groups excluding carboxylic acids is 1. The molecule has 0 fully saturated rings. The van der Waals surface area contributed by atoms with Gasteiger partial charge in [-0.25, -0.2) is 9.79 Å². The fourth-order valence-corrected chi connectivity index (χ4v) is 3.81. The highest BCUT2D eigenvalue weighted by atomic mass is 16.5. The number of aryl methyl sites for hydroxylation is 1. The summed E-state index contributed by atoms with van der Waals surface area (Å²) in [5.74, 6) is 1.31. The topological polar surface area (TPSA) is 76.0 Å². The van der Waals surface area contributed by atoms with Gasteiger partial charge in [0, 0.05) is 36.1 Å². The second-order valence-corrected chi connectivity index (χ2v) is 7.80. The van der Waals surface area contributed by atoms with Crippen molar-refractivity contribution in [3.05, 3.63) is 52.3 Å². The van der Waals surface area contributed by atoms with Crippen LogP contribution in [0.4, 0.5) is 5.69 Å². The molecule has 1 aromatic heterocycles. The summed E-state index contributed by atoms with van der Waals surface area (Å²) in [6.07, 6.45) is 5.27. The zero-order chi connectivity index (χ0) is 22.4. The van der Waals surface area contributed by atoms with Crippen molar-refractivity contribution in [2.45, 2.75) is 53.1 Å². The van der Waals surface area contributed by atoms with Gasteiger partial charge >= 0.3 is 5.97 Å². The van der Waals surface area contributed by atoms with Crippen molar-refractivity contribution >= 4 is 17.6 Å². The van der Waals surface area contributed by atoms with Crippen LogP contribution in [-0.2, 0) is 17.8 Å². The van der Waals surface area contributed by atoms with Gasteiger partial charge in [-0.05, 0) is 38.0 Å². The maximum absolute atomic E-state index is 11.9. The maximum atomic E-state index is 11.9. The second kappa shape index (κ2) is 10.3. The number of aromatic nitrogens is 1. The Kier molecular flexibility index (Phi) is 7.50. The maximum Gasteiger partial charge on any atom is 0.337 e. The van der Waals surface area contributed by atoms with Gasteiger partial charge in [0.1, 0.15) is 5.75 Å². The van der Waals surface area contributed by atoms with Gasteiger partial charge in [0.25, 0.3) is 0 Å². The van der Waals surface area contributed by atoms with Crippen LogP contribution in [0.2, 0.25) is 0 Å². The fraction of sp³-hybridized carbons (Fsp3) is 0.458. The van der Waals surface area contributed by atoms with E-state index >= 15 is 0 Å². The number of nitrogens with zero attached hydrogens (tertiary/aromatic N) is 3. The van der Waals surface area contributed by atoms with Crippen LogP contribution in [0, 0.1) is 13.8 Å². The number of nitrogens with one attached hydrogen (secondary N) is 1. The molecule has 1 N–H and O–H groups in total. The van der Waals surface area contributed by atoms with Crippen LogP contribution in [0.1, 0.15) is 58.9 Å². The summed E-state index contributed by atoms with van der Waals surface area (Å²) >= 11 is 0. The van der Waals surface area contributed by atoms with E-state index in [4.69, 9.17) is 14.5 Å². The number of benzene rings is 1. The Morgan fingerprint density at radius 2 is 2.06 bits per heavy atom. The minimum absolute atomic E-state index is 0.347.